The van der Waals surface area contributed by atoms with Crippen molar-refractivity contribution < 1.29 is 23.2 Å². The Bertz CT molecular complexity index is 1160. The number of phenols is 2. The predicted octanol–water partition coefficient (Wildman–Crippen LogP) is 5.89. The summed E-state index contributed by atoms with van der Waals surface area (Å²) in [5.41, 5.74) is -0.857. The Morgan fingerprint density at radius 1 is 0.655 bits per heavy atom. The third kappa shape index (κ3) is 3.77. The van der Waals surface area contributed by atoms with Gasteiger partial charge in [-0.15, -0.1) is 0 Å². The highest BCUT2D eigenvalue weighted by Crippen LogP contribution is 2.52. The molecule has 0 saturated heterocycles. The van der Waals surface area contributed by atoms with Crippen molar-refractivity contribution in [3.8, 4) is 11.5 Å². The van der Waals surface area contributed by atoms with Gasteiger partial charge in [-0.2, -0.15) is 8.42 Å². The van der Waals surface area contributed by atoms with Gasteiger partial charge >= 0.3 is 0 Å². The Balaban J connectivity index is 2.65. The van der Waals surface area contributed by atoms with E-state index in [4.69, 9.17) is 46.4 Å². The van der Waals surface area contributed by atoms with E-state index < -0.39 is 26.4 Å². The molecule has 0 aromatic heterocycles. The molecule has 0 aliphatic heterocycles. The summed E-state index contributed by atoms with van der Waals surface area (Å²) < 4.78 is 33.9. The largest absolute Gasteiger partial charge is 0.508 e. The minimum absolute atomic E-state index is 0.0671. The minimum Gasteiger partial charge on any atom is -0.508 e. The zero-order valence-electron chi connectivity index (χ0n) is 14.3. The first-order valence-electron chi connectivity index (χ1n) is 7.89. The van der Waals surface area contributed by atoms with Crippen LogP contribution in [-0.4, -0.2) is 23.2 Å². The van der Waals surface area contributed by atoms with Crippen molar-refractivity contribution in [2.24, 2.45) is 0 Å². The van der Waals surface area contributed by atoms with Crippen LogP contribution in [0, 0.1) is 0 Å². The molecular weight excluding hydrogens is 482 g/mol. The molecule has 0 bridgehead atoms. The second-order valence-electron chi connectivity index (χ2n) is 6.10. The molecule has 0 atom stereocenters. The Morgan fingerprint density at radius 2 is 1.07 bits per heavy atom. The number of phenolic OH excluding ortho intramolecular Hbond substituents is 2. The molecule has 0 heterocycles. The summed E-state index contributed by atoms with van der Waals surface area (Å²) in [6.07, 6.45) is 0. The lowest BCUT2D eigenvalue weighted by Crippen LogP contribution is -2.38. The van der Waals surface area contributed by atoms with Gasteiger partial charge in [0.05, 0.1) is 0 Å². The number of hydrogen-bond acceptors (Lipinski definition) is 4. The van der Waals surface area contributed by atoms with Gasteiger partial charge in [-0.1, -0.05) is 52.5 Å². The molecule has 152 valence electrons. The lowest BCUT2D eigenvalue weighted by atomic mass is 9.83. The highest BCUT2D eigenvalue weighted by atomic mass is 35.5. The Labute approximate surface area is 186 Å². The smallest absolute Gasteiger partial charge is 0.283 e. The minimum atomic E-state index is -5.16. The molecule has 0 spiro atoms. The van der Waals surface area contributed by atoms with Crippen molar-refractivity contribution in [3.05, 3.63) is 91.4 Å². The van der Waals surface area contributed by atoms with Crippen molar-refractivity contribution in [2.75, 3.05) is 0 Å². The monoisotopic (exact) mass is 492 g/mol. The van der Waals surface area contributed by atoms with Gasteiger partial charge in [0.1, 0.15) is 11.5 Å². The van der Waals surface area contributed by atoms with Gasteiger partial charge in [-0.25, -0.2) is 0 Å². The number of rotatable bonds is 4. The second kappa shape index (κ2) is 7.87. The zero-order chi connectivity index (χ0) is 21.6. The van der Waals surface area contributed by atoms with Gasteiger partial charge in [0.2, 0.25) is 0 Å². The molecule has 0 saturated carbocycles. The Morgan fingerprint density at radius 3 is 1.48 bits per heavy atom. The molecule has 0 amide bonds. The van der Waals surface area contributed by atoms with Crippen molar-refractivity contribution in [1.82, 2.24) is 0 Å². The van der Waals surface area contributed by atoms with E-state index in [2.05, 4.69) is 0 Å². The normalized spacial score (nSPS) is 12.2. The van der Waals surface area contributed by atoms with Crippen molar-refractivity contribution in [3.63, 3.8) is 0 Å². The highest BCUT2D eigenvalue weighted by Gasteiger charge is 2.52. The maximum Gasteiger partial charge on any atom is 0.283 e. The number of hydrogen-bond donors (Lipinski definition) is 3. The second-order valence-corrected chi connectivity index (χ2v) is 9.38. The molecule has 0 fully saturated rings. The summed E-state index contributed by atoms with van der Waals surface area (Å²) in [6, 6.07) is 11.2. The van der Waals surface area contributed by atoms with Crippen molar-refractivity contribution >= 4 is 56.5 Å². The molecule has 0 aliphatic rings. The van der Waals surface area contributed by atoms with Crippen LogP contribution in [0.5, 0.6) is 11.5 Å². The molecule has 0 unspecified atom stereocenters. The first kappa shape index (κ1) is 22.0. The van der Waals surface area contributed by atoms with Gasteiger partial charge in [0.25, 0.3) is 10.1 Å². The Hall–Kier alpha value is -1.67. The SMILES string of the molecule is O=S(=O)(O)C(c1cc(Cl)ccc1O)(c1cc(Cl)ccc1O)c1ccc(Cl)cc1Cl. The van der Waals surface area contributed by atoms with Crippen LogP contribution in [0.15, 0.2) is 54.6 Å². The molecule has 5 nitrogen and oxygen atoms in total. The van der Waals surface area contributed by atoms with Crippen LogP contribution in [0.3, 0.4) is 0 Å². The fraction of sp³-hybridized carbons (Fsp3) is 0.0526. The van der Waals surface area contributed by atoms with Crippen molar-refractivity contribution in [1.29, 1.82) is 0 Å². The predicted molar refractivity (Wildman–Crippen MR) is 114 cm³/mol. The quantitative estimate of drug-likeness (QED) is 0.311. The standard InChI is InChI=1S/C19H12Cl4O5S/c20-10-2-5-17(24)14(7-10)19(29(26,27)28,13-4-1-12(22)9-16(13)23)15-8-11(21)3-6-18(15)25/h1-9,24-25H,(H,26,27,28). The number of benzene rings is 3. The third-order valence-electron chi connectivity index (χ3n) is 4.37. The van der Waals surface area contributed by atoms with Crippen LogP contribution in [0.25, 0.3) is 0 Å². The maximum atomic E-state index is 13.0. The molecule has 29 heavy (non-hydrogen) atoms. The Kier molecular flexibility index (Phi) is 5.98. The fourth-order valence-corrected chi connectivity index (χ4v) is 5.50. The average Bonchev–Trinajstić information content (AvgIpc) is 2.61. The van der Waals surface area contributed by atoms with E-state index in [1.807, 2.05) is 0 Å². The van der Waals surface area contributed by atoms with Crippen LogP contribution >= 0.6 is 46.4 Å². The molecule has 0 radical (unpaired) electrons. The van der Waals surface area contributed by atoms with E-state index in [1.165, 1.54) is 30.3 Å². The summed E-state index contributed by atoms with van der Waals surface area (Å²) >= 11 is 24.4. The van der Waals surface area contributed by atoms with E-state index in [9.17, 15) is 23.2 Å². The molecule has 3 aromatic rings. The van der Waals surface area contributed by atoms with Crippen LogP contribution in [0.1, 0.15) is 16.7 Å². The van der Waals surface area contributed by atoms with Gasteiger partial charge in [0, 0.05) is 36.8 Å². The molecule has 3 rings (SSSR count). The van der Waals surface area contributed by atoms with E-state index >= 15 is 0 Å². The summed E-state index contributed by atoms with van der Waals surface area (Å²) in [5, 5.41) is 21.3. The zero-order valence-corrected chi connectivity index (χ0v) is 18.1. The number of aromatic hydroxyl groups is 2. The first-order chi connectivity index (χ1) is 13.5. The van der Waals surface area contributed by atoms with E-state index in [1.54, 1.807) is 0 Å². The summed E-state index contributed by atoms with van der Waals surface area (Å²) in [6.45, 7) is 0. The average molecular weight is 494 g/mol. The van der Waals surface area contributed by atoms with Crippen LogP contribution in [0.4, 0.5) is 0 Å². The van der Waals surface area contributed by atoms with E-state index in [0.717, 1.165) is 24.3 Å². The van der Waals surface area contributed by atoms with Gasteiger partial charge in [0.15, 0.2) is 4.75 Å². The van der Waals surface area contributed by atoms with Crippen LogP contribution < -0.4 is 0 Å². The van der Waals surface area contributed by atoms with Crippen LogP contribution in [0.2, 0.25) is 20.1 Å². The van der Waals surface area contributed by atoms with Gasteiger partial charge in [-0.3, -0.25) is 4.55 Å². The summed E-state index contributed by atoms with van der Waals surface area (Å²) in [4.78, 5) is 0. The summed E-state index contributed by atoms with van der Waals surface area (Å²) in [5.74, 6) is -1.03. The highest BCUT2D eigenvalue weighted by molar-refractivity contribution is 7.87. The topological polar surface area (TPSA) is 94.8 Å². The van der Waals surface area contributed by atoms with Gasteiger partial charge in [-0.05, 0) is 48.5 Å². The molecule has 3 aromatic carbocycles. The lowest BCUT2D eigenvalue weighted by molar-refractivity contribution is 0.428. The lowest BCUT2D eigenvalue weighted by Gasteiger charge is -2.34. The van der Waals surface area contributed by atoms with E-state index in [-0.39, 0.29) is 36.8 Å². The van der Waals surface area contributed by atoms with E-state index in [0.29, 0.717) is 0 Å². The van der Waals surface area contributed by atoms with Gasteiger partial charge < -0.3 is 10.2 Å². The molecule has 0 aliphatic carbocycles. The first-order valence-corrected chi connectivity index (χ1v) is 10.8. The molecular formula is C19H12Cl4O5S. The number of halogens is 4. The summed E-state index contributed by atoms with van der Waals surface area (Å²) in [7, 11) is -5.16. The third-order valence-corrected chi connectivity index (χ3v) is 6.82. The van der Waals surface area contributed by atoms with Crippen LogP contribution in [-0.2, 0) is 14.9 Å². The maximum absolute atomic E-state index is 13.0. The fourth-order valence-electron chi connectivity index (χ4n) is 3.21. The van der Waals surface area contributed by atoms with Crippen molar-refractivity contribution in [2.45, 2.75) is 4.75 Å². The molecule has 10 heteroatoms. The molecule has 3 N–H and O–H groups in total.